The zero-order chi connectivity index (χ0) is 26.0. The first-order chi connectivity index (χ1) is 17.2. The first-order valence-corrected chi connectivity index (χ1v) is 12.3. The van der Waals surface area contributed by atoms with Gasteiger partial charge >= 0.3 is 11.9 Å². The Hall–Kier alpha value is -3.98. The molecule has 186 valence electrons. The van der Waals surface area contributed by atoms with Crippen LogP contribution in [0.5, 0.6) is 5.75 Å². The van der Waals surface area contributed by atoms with Gasteiger partial charge in [-0.3, -0.25) is 14.2 Å². The number of thiazole rings is 1. The van der Waals surface area contributed by atoms with E-state index in [1.165, 1.54) is 22.8 Å². The van der Waals surface area contributed by atoms with Gasteiger partial charge in [0.25, 0.3) is 5.56 Å². The number of carbonyl (C=O) groups is 2. The van der Waals surface area contributed by atoms with Crippen LogP contribution in [0, 0.1) is 0 Å². The van der Waals surface area contributed by atoms with Crippen LogP contribution >= 0.6 is 11.3 Å². The minimum absolute atomic E-state index is 0.196. The first kappa shape index (κ1) is 25.1. The van der Waals surface area contributed by atoms with E-state index in [4.69, 9.17) is 9.47 Å². The van der Waals surface area contributed by atoms with Gasteiger partial charge in [-0.15, -0.1) is 0 Å². The van der Waals surface area contributed by atoms with Crippen molar-refractivity contribution in [3.63, 3.8) is 0 Å². The molecule has 0 spiro atoms. The summed E-state index contributed by atoms with van der Waals surface area (Å²) in [6.45, 7) is 4.99. The normalized spacial score (nSPS) is 15.2. The molecule has 1 atom stereocenters. The number of benzene rings is 2. The number of carbonyl (C=O) groups excluding carboxylic acids is 2. The molecule has 0 N–H and O–H groups in total. The Labute approximate surface area is 212 Å². The van der Waals surface area contributed by atoms with E-state index < -0.39 is 18.0 Å². The van der Waals surface area contributed by atoms with Gasteiger partial charge in [0.2, 0.25) is 0 Å². The minimum atomic E-state index is -0.732. The summed E-state index contributed by atoms with van der Waals surface area (Å²) in [5.41, 5.74) is 3.15. The zero-order valence-electron chi connectivity index (χ0n) is 20.8. The Morgan fingerprint density at radius 3 is 2.36 bits per heavy atom. The monoisotopic (exact) mass is 505 g/mol. The molecule has 4 rings (SSSR count). The largest absolute Gasteiger partial charge is 0.463 e. The maximum atomic E-state index is 13.7. The highest BCUT2D eigenvalue weighted by molar-refractivity contribution is 7.07. The quantitative estimate of drug-likeness (QED) is 0.378. The van der Waals surface area contributed by atoms with Crippen molar-refractivity contribution in [2.45, 2.75) is 26.8 Å². The van der Waals surface area contributed by atoms with Gasteiger partial charge in [0.1, 0.15) is 5.75 Å². The van der Waals surface area contributed by atoms with E-state index in [1.807, 2.05) is 49.3 Å². The predicted molar refractivity (Wildman–Crippen MR) is 139 cm³/mol. The van der Waals surface area contributed by atoms with Gasteiger partial charge in [0, 0.05) is 26.7 Å². The van der Waals surface area contributed by atoms with Crippen LogP contribution in [0.15, 0.2) is 69.6 Å². The van der Waals surface area contributed by atoms with Crippen molar-refractivity contribution in [1.82, 2.24) is 4.57 Å². The molecule has 3 aromatic rings. The van der Waals surface area contributed by atoms with Gasteiger partial charge in [-0.25, -0.2) is 9.79 Å². The maximum Gasteiger partial charge on any atom is 0.338 e. The van der Waals surface area contributed by atoms with Crippen molar-refractivity contribution >= 4 is 35.0 Å². The summed E-state index contributed by atoms with van der Waals surface area (Å²) < 4.78 is 12.5. The molecular formula is C27H27N3O5S. The average molecular weight is 506 g/mol. The van der Waals surface area contributed by atoms with Crippen molar-refractivity contribution in [1.29, 1.82) is 0 Å². The number of anilines is 1. The highest BCUT2D eigenvalue weighted by Crippen LogP contribution is 2.31. The first-order valence-electron chi connectivity index (χ1n) is 11.4. The fraction of sp³-hybridized carbons (Fsp3) is 0.259. The summed E-state index contributed by atoms with van der Waals surface area (Å²) in [6.07, 6.45) is 1.83. The molecule has 8 nitrogen and oxygen atoms in total. The molecule has 0 amide bonds. The molecule has 0 radical (unpaired) electrons. The predicted octanol–water partition coefficient (Wildman–Crippen LogP) is 2.79. The smallest absolute Gasteiger partial charge is 0.338 e. The lowest BCUT2D eigenvalue weighted by molar-refractivity contribution is -0.139. The van der Waals surface area contributed by atoms with Gasteiger partial charge in [-0.1, -0.05) is 35.6 Å². The maximum absolute atomic E-state index is 13.7. The van der Waals surface area contributed by atoms with E-state index in [-0.39, 0.29) is 12.2 Å². The summed E-state index contributed by atoms with van der Waals surface area (Å²) in [6, 6.07) is 13.9. The number of ether oxygens (including phenoxy) is 2. The number of fused-ring (bicyclic) bond motifs is 1. The third-order valence-corrected chi connectivity index (χ3v) is 6.66. The molecule has 9 heteroatoms. The molecular weight excluding hydrogens is 478 g/mol. The van der Waals surface area contributed by atoms with Crippen LogP contribution in [0.2, 0.25) is 0 Å². The molecule has 36 heavy (non-hydrogen) atoms. The van der Waals surface area contributed by atoms with Crippen molar-refractivity contribution in [2.75, 3.05) is 25.6 Å². The van der Waals surface area contributed by atoms with Crippen LogP contribution in [0.4, 0.5) is 5.69 Å². The van der Waals surface area contributed by atoms with Crippen LogP contribution < -0.4 is 24.5 Å². The van der Waals surface area contributed by atoms with E-state index in [9.17, 15) is 14.4 Å². The number of aromatic nitrogens is 1. The van der Waals surface area contributed by atoms with E-state index in [0.717, 1.165) is 11.3 Å². The molecule has 1 aromatic heterocycles. The summed E-state index contributed by atoms with van der Waals surface area (Å²) in [5, 5.41) is 0. The summed E-state index contributed by atoms with van der Waals surface area (Å²) >= 11 is 1.27. The number of esters is 2. The minimum Gasteiger partial charge on any atom is -0.463 e. The molecule has 1 aliphatic heterocycles. The van der Waals surface area contributed by atoms with Crippen LogP contribution in [-0.4, -0.2) is 37.2 Å². The molecule has 0 saturated heterocycles. The lowest BCUT2D eigenvalue weighted by Crippen LogP contribution is -2.39. The summed E-state index contributed by atoms with van der Waals surface area (Å²) in [4.78, 5) is 45.0. The molecule has 0 fully saturated rings. The molecule has 0 saturated carbocycles. The fourth-order valence-electron chi connectivity index (χ4n) is 4.01. The van der Waals surface area contributed by atoms with Gasteiger partial charge in [-0.05, 0) is 55.3 Å². The Morgan fingerprint density at radius 2 is 1.78 bits per heavy atom. The van der Waals surface area contributed by atoms with Gasteiger partial charge < -0.3 is 14.4 Å². The van der Waals surface area contributed by atoms with Gasteiger partial charge in [0.15, 0.2) is 4.80 Å². The van der Waals surface area contributed by atoms with E-state index in [2.05, 4.69) is 4.99 Å². The third-order valence-electron chi connectivity index (χ3n) is 5.68. The lowest BCUT2D eigenvalue weighted by Gasteiger charge is -2.24. The molecule has 0 unspecified atom stereocenters. The Morgan fingerprint density at radius 1 is 1.11 bits per heavy atom. The zero-order valence-corrected chi connectivity index (χ0v) is 21.6. The van der Waals surface area contributed by atoms with Crippen LogP contribution in [0.1, 0.15) is 37.9 Å². The number of hydrogen-bond donors (Lipinski definition) is 0. The van der Waals surface area contributed by atoms with Crippen molar-refractivity contribution in [2.24, 2.45) is 4.99 Å². The van der Waals surface area contributed by atoms with Gasteiger partial charge in [-0.2, -0.15) is 0 Å². The summed E-state index contributed by atoms with van der Waals surface area (Å²) in [5.74, 6) is -0.586. The molecule has 1 aliphatic rings. The van der Waals surface area contributed by atoms with Gasteiger partial charge in [0.05, 0.1) is 28.5 Å². The van der Waals surface area contributed by atoms with E-state index in [0.29, 0.717) is 31.9 Å². The second kappa shape index (κ2) is 10.3. The molecule has 0 bridgehead atoms. The second-order valence-electron chi connectivity index (χ2n) is 8.45. The fourth-order valence-corrected chi connectivity index (χ4v) is 5.06. The number of rotatable bonds is 6. The van der Waals surface area contributed by atoms with Crippen molar-refractivity contribution in [3.8, 4) is 5.75 Å². The molecule has 2 heterocycles. The molecule has 2 aromatic carbocycles. The van der Waals surface area contributed by atoms with Crippen LogP contribution in [0.25, 0.3) is 6.08 Å². The van der Waals surface area contributed by atoms with Crippen molar-refractivity contribution < 1.29 is 19.1 Å². The number of allylic oxidation sites excluding steroid dienone is 1. The van der Waals surface area contributed by atoms with Crippen molar-refractivity contribution in [3.05, 3.63) is 90.6 Å². The Bertz CT molecular complexity index is 1510. The Balaban J connectivity index is 1.86. The van der Waals surface area contributed by atoms with Crippen LogP contribution in [-0.2, 0) is 14.3 Å². The lowest BCUT2D eigenvalue weighted by atomic mass is 9.96. The standard InChI is InChI=1S/C27H27N3O5S/c1-6-34-26(33)23-16(2)28-27-30(24(23)19-9-13-21(14-10-19)35-17(3)31)25(32)22(36-27)15-18-7-11-20(12-8-18)29(4)5/h7-15,24H,6H2,1-5H3/b22-15-/t24-/m0/s1. The molecule has 0 aliphatic carbocycles. The highest BCUT2D eigenvalue weighted by atomic mass is 32.1. The van der Waals surface area contributed by atoms with E-state index in [1.54, 1.807) is 38.1 Å². The Kier molecular flexibility index (Phi) is 7.21. The average Bonchev–Trinajstić information content (AvgIpc) is 3.13. The third kappa shape index (κ3) is 5.01. The highest BCUT2D eigenvalue weighted by Gasteiger charge is 2.33. The number of nitrogens with zero attached hydrogens (tertiary/aromatic N) is 3. The topological polar surface area (TPSA) is 90.2 Å². The number of hydrogen-bond acceptors (Lipinski definition) is 8. The second-order valence-corrected chi connectivity index (χ2v) is 9.46. The van der Waals surface area contributed by atoms with Crippen LogP contribution in [0.3, 0.4) is 0 Å². The van der Waals surface area contributed by atoms with E-state index >= 15 is 0 Å². The summed E-state index contributed by atoms with van der Waals surface area (Å²) in [7, 11) is 3.94. The SMILES string of the molecule is CCOC(=O)C1=C(C)N=c2s/c(=C\c3ccc(N(C)C)cc3)c(=O)n2[C@H]1c1ccc(OC(C)=O)cc1.